The molecule has 0 unspecified atom stereocenters. The van der Waals surface area contributed by atoms with E-state index in [1.165, 1.54) is 11.1 Å². The maximum absolute atomic E-state index is 13.0. The molecule has 0 bridgehead atoms. The summed E-state index contributed by atoms with van der Waals surface area (Å²) in [6.45, 7) is 3.65. The highest BCUT2D eigenvalue weighted by Crippen LogP contribution is 2.50. The van der Waals surface area contributed by atoms with Gasteiger partial charge in [-0.25, -0.2) is 15.0 Å². The van der Waals surface area contributed by atoms with Crippen molar-refractivity contribution in [1.29, 1.82) is 0 Å². The number of nitrogens with one attached hydrogen (secondary N) is 2. The quantitative estimate of drug-likeness (QED) is 0.456. The molecule has 34 heavy (non-hydrogen) atoms. The first-order valence-corrected chi connectivity index (χ1v) is 12.1. The molecule has 1 aliphatic carbocycles. The third-order valence-electron chi connectivity index (χ3n) is 6.37. The number of aromatic nitrogens is 3. The minimum absolute atomic E-state index is 0.0215. The summed E-state index contributed by atoms with van der Waals surface area (Å²) in [4.78, 5) is 42.3. The average Bonchev–Trinajstić information content (AvgIpc) is 3.59. The number of fused-ring (bicyclic) bond motifs is 3. The van der Waals surface area contributed by atoms with Crippen LogP contribution in [0.5, 0.6) is 0 Å². The highest BCUT2D eigenvalue weighted by atomic mass is 32.1. The van der Waals surface area contributed by atoms with Gasteiger partial charge in [-0.2, -0.15) is 0 Å². The van der Waals surface area contributed by atoms with Gasteiger partial charge in [-0.3, -0.25) is 9.59 Å². The third-order valence-corrected chi connectivity index (χ3v) is 7.51. The van der Waals surface area contributed by atoms with Crippen LogP contribution in [0.25, 0.3) is 11.3 Å². The number of nitrogens with zero attached hydrogens (tertiary/aromatic N) is 4. The smallest absolute Gasteiger partial charge is 0.228 e. The Balaban J connectivity index is 1.59. The monoisotopic (exact) mass is 479 g/mol. The molecule has 0 radical (unpaired) electrons. The van der Waals surface area contributed by atoms with Gasteiger partial charge in [0.05, 0.1) is 38.6 Å². The fraction of sp³-hybridized carbons (Fsp3) is 0.400. The summed E-state index contributed by atoms with van der Waals surface area (Å²) >= 11 is 1.67. The molecule has 2 aliphatic rings. The number of aryl methyl sites for hydroxylation is 2. The largest absolute Gasteiger partial charge is 0.363 e. The van der Waals surface area contributed by atoms with Gasteiger partial charge in [0.1, 0.15) is 5.82 Å². The molecular weight excluding hydrogens is 448 g/mol. The molecule has 8 nitrogen and oxygen atoms in total. The number of anilines is 4. The zero-order valence-corrected chi connectivity index (χ0v) is 20.3. The maximum atomic E-state index is 13.0. The molecule has 176 valence electrons. The summed E-state index contributed by atoms with van der Waals surface area (Å²) in [5, 5.41) is 7.04. The van der Waals surface area contributed by atoms with E-state index in [-0.39, 0.29) is 29.2 Å². The first kappa shape index (κ1) is 19.0. The highest BCUT2D eigenvalue weighted by Gasteiger charge is 2.33. The van der Waals surface area contributed by atoms with E-state index in [4.69, 9.17) is 9.10 Å². The lowest BCUT2D eigenvalue weighted by atomic mass is 9.96. The normalized spacial score (nSPS) is 18.3. The Labute approximate surface area is 207 Å². The van der Waals surface area contributed by atoms with Gasteiger partial charge in [0.15, 0.2) is 11.6 Å². The Kier molecular flexibility index (Phi) is 4.74. The molecule has 0 aromatic carbocycles. The number of carbonyl (C=O) groups excluding carboxylic acids is 2. The first-order chi connectivity index (χ1) is 17.4. The second-order valence-electron chi connectivity index (χ2n) is 8.85. The van der Waals surface area contributed by atoms with Crippen LogP contribution in [0.3, 0.4) is 0 Å². The Morgan fingerprint density at radius 1 is 1.26 bits per heavy atom. The summed E-state index contributed by atoms with van der Waals surface area (Å²) in [6, 6.07) is 1.62. The molecule has 1 saturated carbocycles. The van der Waals surface area contributed by atoms with Crippen molar-refractivity contribution in [2.24, 2.45) is 5.92 Å². The van der Waals surface area contributed by atoms with Gasteiger partial charge in [0.2, 0.25) is 5.91 Å². The molecule has 2 N–H and O–H groups in total. The molecule has 5 rings (SSSR count). The number of thiazole rings is 1. The Morgan fingerprint density at radius 3 is 2.79 bits per heavy atom. The van der Waals surface area contributed by atoms with Crippen LogP contribution in [-0.2, 0) is 4.79 Å². The van der Waals surface area contributed by atoms with Crippen LogP contribution in [0.15, 0.2) is 18.5 Å². The molecule has 1 amide bonds. The summed E-state index contributed by atoms with van der Waals surface area (Å²) in [5.41, 5.74) is 4.14. The number of hydrogen-bond donors (Lipinski definition) is 2. The van der Waals surface area contributed by atoms with Crippen LogP contribution in [0.4, 0.5) is 23.0 Å². The van der Waals surface area contributed by atoms with E-state index in [0.29, 0.717) is 11.5 Å². The van der Waals surface area contributed by atoms with E-state index >= 15 is 0 Å². The minimum Gasteiger partial charge on any atom is -0.363 e. The molecule has 1 aliphatic heterocycles. The summed E-state index contributed by atoms with van der Waals surface area (Å²) < 4.78 is 22.6. The van der Waals surface area contributed by atoms with E-state index in [1.54, 1.807) is 23.6 Å². The zero-order valence-electron chi connectivity index (χ0n) is 22.5. The third kappa shape index (κ3) is 3.83. The summed E-state index contributed by atoms with van der Waals surface area (Å²) in [6.07, 6.45) is 4.12. The van der Waals surface area contributed by atoms with Gasteiger partial charge in [-0.15, -0.1) is 11.3 Å². The van der Waals surface area contributed by atoms with Gasteiger partial charge in [-0.05, 0) is 39.2 Å². The van der Waals surface area contributed by atoms with Crippen molar-refractivity contribution in [3.8, 4) is 11.3 Å². The topological polar surface area (TPSA) is 100 Å². The fourth-order valence-electron chi connectivity index (χ4n) is 4.25. The van der Waals surface area contributed by atoms with Gasteiger partial charge >= 0.3 is 0 Å². The highest BCUT2D eigenvalue weighted by molar-refractivity contribution is 7.12. The molecule has 3 aromatic rings. The Morgan fingerprint density at radius 2 is 2.06 bits per heavy atom. The lowest BCUT2D eigenvalue weighted by Gasteiger charge is -2.35. The number of rotatable bonds is 6. The van der Waals surface area contributed by atoms with E-state index in [0.717, 1.165) is 40.4 Å². The average molecular weight is 480 g/mol. The first-order valence-electron chi connectivity index (χ1n) is 12.7. The number of pyridine rings is 2. The number of Topliss-reactive ketones (excluding diaryl/α,β-unsaturated/α-hetero) is 1. The fourth-order valence-corrected chi connectivity index (χ4v) is 5.27. The van der Waals surface area contributed by atoms with Crippen LogP contribution in [-0.4, -0.2) is 33.7 Å². The molecule has 1 fully saturated rings. The van der Waals surface area contributed by atoms with Crippen molar-refractivity contribution < 1.29 is 13.7 Å². The van der Waals surface area contributed by atoms with Crippen LogP contribution in [0.2, 0.25) is 0 Å². The minimum atomic E-state index is -2.43. The molecule has 1 atom stereocenters. The van der Waals surface area contributed by atoms with Crippen LogP contribution in [0, 0.1) is 19.8 Å². The summed E-state index contributed by atoms with van der Waals surface area (Å²) in [7, 11) is 1.99. The maximum Gasteiger partial charge on any atom is 0.228 e. The predicted octanol–water partition coefficient (Wildman–Crippen LogP) is 5.41. The van der Waals surface area contributed by atoms with Crippen molar-refractivity contribution in [3.63, 3.8) is 0 Å². The van der Waals surface area contributed by atoms with E-state index in [2.05, 4.69) is 32.4 Å². The van der Waals surface area contributed by atoms with Crippen molar-refractivity contribution in [2.75, 3.05) is 22.6 Å². The molecule has 0 saturated heterocycles. The van der Waals surface area contributed by atoms with E-state index in [1.807, 2.05) is 20.9 Å². The van der Waals surface area contributed by atoms with Crippen LogP contribution < -0.4 is 15.5 Å². The summed E-state index contributed by atoms with van der Waals surface area (Å²) in [5.74, 6) is 0.0672. The number of hydrogen-bond acceptors (Lipinski definition) is 8. The molecular formula is C25H28N6O2S. The Bertz CT molecular complexity index is 1420. The molecule has 0 spiro atoms. The lowest BCUT2D eigenvalue weighted by molar-refractivity contribution is -0.117. The van der Waals surface area contributed by atoms with Gasteiger partial charge in [-0.1, -0.05) is 6.85 Å². The second-order valence-corrected chi connectivity index (χ2v) is 10.1. The van der Waals surface area contributed by atoms with Crippen LogP contribution >= 0.6 is 11.3 Å². The van der Waals surface area contributed by atoms with E-state index in [9.17, 15) is 9.59 Å². The number of ketones is 1. The van der Waals surface area contributed by atoms with Crippen molar-refractivity contribution >= 4 is 46.0 Å². The van der Waals surface area contributed by atoms with Gasteiger partial charge in [0, 0.05) is 47.5 Å². The lowest BCUT2D eigenvalue weighted by Crippen LogP contribution is -2.27. The van der Waals surface area contributed by atoms with Crippen molar-refractivity contribution in [3.05, 3.63) is 39.5 Å². The SMILES string of the molecule is [2H]C([2H])([2H])CC(=O)c1cnc(NC(=O)C2CC2)cc1Nc1ncc(C)c2c1N(C)[C@H](C)c1sc(C)nc1-2. The van der Waals surface area contributed by atoms with E-state index < -0.39 is 19.1 Å². The van der Waals surface area contributed by atoms with Crippen molar-refractivity contribution in [1.82, 2.24) is 15.0 Å². The second kappa shape index (κ2) is 8.47. The number of carbonyl (C=O) groups is 2. The molecule has 4 heterocycles. The van der Waals surface area contributed by atoms with Crippen molar-refractivity contribution in [2.45, 2.75) is 52.9 Å². The molecule has 3 aromatic heterocycles. The predicted molar refractivity (Wildman–Crippen MR) is 135 cm³/mol. The van der Waals surface area contributed by atoms with Crippen LogP contribution in [0.1, 0.15) is 69.0 Å². The Hall–Kier alpha value is -3.33. The van der Waals surface area contributed by atoms with Gasteiger partial charge in [0.25, 0.3) is 0 Å². The standard InChI is InChI=1S/C25H28N6O2S/c1-6-18(32)16-11-26-19(30-25(33)15-7-8-15)9-17(16)29-24-22-20(12(2)10-27-24)21-23(13(3)31(22)5)34-14(4)28-21/h9-11,13,15H,6-8H2,1-5H3,(H2,26,27,29,30,33)/t13-/m1/s1/i1D3. The zero-order chi connectivity index (χ0) is 26.6. The number of amides is 1. The molecule has 9 heteroatoms. The van der Waals surface area contributed by atoms with Gasteiger partial charge < -0.3 is 15.5 Å².